The highest BCUT2D eigenvalue weighted by Crippen LogP contribution is 2.20. The fourth-order valence-corrected chi connectivity index (χ4v) is 4.18. The van der Waals surface area contributed by atoms with Crippen LogP contribution in [0.4, 0.5) is 0 Å². The van der Waals surface area contributed by atoms with Crippen molar-refractivity contribution >= 4 is 41.3 Å². The molecule has 0 spiro atoms. The zero-order valence-corrected chi connectivity index (χ0v) is 20.8. The van der Waals surface area contributed by atoms with E-state index in [1.165, 1.54) is 48.4 Å². The molecule has 0 saturated heterocycles. The van der Waals surface area contributed by atoms with E-state index in [0.717, 1.165) is 57.9 Å². The number of rotatable bonds is 11. The average Bonchev–Trinajstić information content (AvgIpc) is 2.98. The van der Waals surface area contributed by atoms with Gasteiger partial charge in [-0.05, 0) is 39.0 Å². The van der Waals surface area contributed by atoms with Gasteiger partial charge in [0.1, 0.15) is 0 Å². The highest BCUT2D eigenvalue weighted by molar-refractivity contribution is 14.0. The van der Waals surface area contributed by atoms with Gasteiger partial charge in [0.05, 0.1) is 11.1 Å². The van der Waals surface area contributed by atoms with Crippen molar-refractivity contribution in [1.82, 2.24) is 15.6 Å². The maximum absolute atomic E-state index is 6.06. The predicted molar refractivity (Wildman–Crippen MR) is 131 cm³/mol. The van der Waals surface area contributed by atoms with E-state index in [2.05, 4.69) is 34.5 Å². The Bertz CT molecular complexity index is 530. The van der Waals surface area contributed by atoms with E-state index in [0.29, 0.717) is 6.10 Å². The molecule has 0 radical (unpaired) electrons. The summed E-state index contributed by atoms with van der Waals surface area (Å²) in [5.41, 5.74) is 0. The van der Waals surface area contributed by atoms with Crippen LogP contribution in [0.3, 0.4) is 0 Å². The average molecular weight is 523 g/mol. The van der Waals surface area contributed by atoms with Crippen molar-refractivity contribution in [3.8, 4) is 0 Å². The molecule has 5 nitrogen and oxygen atoms in total. The van der Waals surface area contributed by atoms with E-state index in [1.807, 2.05) is 17.5 Å². The third kappa shape index (κ3) is 11.0. The summed E-state index contributed by atoms with van der Waals surface area (Å²) in [7, 11) is 0. The maximum atomic E-state index is 6.06. The number of aliphatic imine (C=N–C) groups is 1. The van der Waals surface area contributed by atoms with Gasteiger partial charge in [-0.2, -0.15) is 0 Å². The zero-order valence-electron chi connectivity index (χ0n) is 17.7. The minimum Gasteiger partial charge on any atom is -0.378 e. The Morgan fingerprint density at radius 1 is 1.18 bits per heavy atom. The lowest BCUT2D eigenvalue weighted by atomic mass is 10.1. The lowest BCUT2D eigenvalue weighted by Gasteiger charge is -2.15. The summed E-state index contributed by atoms with van der Waals surface area (Å²) in [5, 5.41) is 7.95. The van der Waals surface area contributed by atoms with E-state index >= 15 is 0 Å². The standard InChI is InChI=1S/C21H38N4OS.HI/c1-3-19-17-25-20(27-19)13-15-24-21(22-4-2)23-14-9-10-16-26-18-11-7-5-6-8-12-18;/h17-18H,3-16H2,1-2H3,(H2,22,23,24);1H. The molecule has 1 heterocycles. The fraction of sp³-hybridized carbons (Fsp3) is 0.810. The molecule has 1 fully saturated rings. The van der Waals surface area contributed by atoms with Crippen LogP contribution >= 0.6 is 35.3 Å². The maximum Gasteiger partial charge on any atom is 0.191 e. The Hall–Kier alpha value is -0.410. The Balaban J connectivity index is 0.00000392. The largest absolute Gasteiger partial charge is 0.378 e. The van der Waals surface area contributed by atoms with Gasteiger partial charge >= 0.3 is 0 Å². The number of thiazole rings is 1. The molecule has 1 aromatic heterocycles. The van der Waals surface area contributed by atoms with Gasteiger partial charge < -0.3 is 15.4 Å². The Kier molecular flexibility index (Phi) is 15.0. The van der Waals surface area contributed by atoms with Gasteiger partial charge in [-0.15, -0.1) is 35.3 Å². The minimum absolute atomic E-state index is 0. The van der Waals surface area contributed by atoms with Crippen molar-refractivity contribution in [2.75, 3.05) is 26.2 Å². The minimum atomic E-state index is 0. The van der Waals surface area contributed by atoms with E-state index in [1.54, 1.807) is 0 Å². The number of aromatic nitrogens is 1. The number of aryl methyl sites for hydroxylation is 1. The van der Waals surface area contributed by atoms with Gasteiger partial charge in [0.25, 0.3) is 0 Å². The van der Waals surface area contributed by atoms with Crippen molar-refractivity contribution in [2.45, 2.75) is 84.2 Å². The second-order valence-electron chi connectivity index (χ2n) is 7.20. The number of unbranched alkanes of at least 4 members (excludes halogenated alkanes) is 1. The summed E-state index contributed by atoms with van der Waals surface area (Å²) in [6, 6.07) is 0. The number of guanidine groups is 1. The molecule has 1 saturated carbocycles. The second kappa shape index (κ2) is 16.4. The van der Waals surface area contributed by atoms with E-state index < -0.39 is 0 Å². The first-order chi connectivity index (χ1) is 13.3. The second-order valence-corrected chi connectivity index (χ2v) is 8.40. The number of hydrogen-bond donors (Lipinski definition) is 2. The molecule has 2 N–H and O–H groups in total. The molecular weight excluding hydrogens is 483 g/mol. The molecule has 0 atom stereocenters. The molecule has 1 aliphatic rings. The van der Waals surface area contributed by atoms with Crippen LogP contribution in [0.1, 0.15) is 75.1 Å². The van der Waals surface area contributed by atoms with Crippen molar-refractivity contribution in [3.63, 3.8) is 0 Å². The first kappa shape index (κ1) is 25.6. The molecule has 0 unspecified atom stereocenters. The van der Waals surface area contributed by atoms with Crippen molar-refractivity contribution in [1.29, 1.82) is 0 Å². The summed E-state index contributed by atoms with van der Waals surface area (Å²) in [5.74, 6) is 0.912. The van der Waals surface area contributed by atoms with Crippen LogP contribution in [-0.4, -0.2) is 43.3 Å². The summed E-state index contributed by atoms with van der Waals surface area (Å²) in [6.45, 7) is 7.76. The number of ether oxygens (including phenoxy) is 1. The number of hydrogen-bond acceptors (Lipinski definition) is 4. The van der Waals surface area contributed by atoms with Gasteiger partial charge in [0.15, 0.2) is 5.96 Å². The van der Waals surface area contributed by atoms with E-state index in [-0.39, 0.29) is 24.0 Å². The van der Waals surface area contributed by atoms with Crippen LogP contribution in [0.25, 0.3) is 0 Å². The van der Waals surface area contributed by atoms with Crippen molar-refractivity contribution in [3.05, 3.63) is 16.1 Å². The number of halogens is 1. The molecule has 0 aliphatic heterocycles. The fourth-order valence-electron chi connectivity index (χ4n) is 3.32. The first-order valence-corrected chi connectivity index (χ1v) is 11.7. The predicted octanol–water partition coefficient (Wildman–Crippen LogP) is 4.94. The molecule has 0 aromatic carbocycles. The van der Waals surface area contributed by atoms with E-state index in [9.17, 15) is 0 Å². The third-order valence-corrected chi connectivity index (χ3v) is 6.10. The SMILES string of the molecule is CCNC(=NCCCCOC1CCCCCC1)NCCc1ncc(CC)s1.I. The van der Waals surface area contributed by atoms with Crippen LogP contribution in [0.15, 0.2) is 11.2 Å². The molecule has 2 rings (SSSR count). The topological polar surface area (TPSA) is 58.5 Å². The van der Waals surface area contributed by atoms with Gasteiger partial charge in [0.2, 0.25) is 0 Å². The monoisotopic (exact) mass is 522 g/mol. The molecule has 7 heteroatoms. The number of nitrogens with zero attached hydrogens (tertiary/aromatic N) is 2. The van der Waals surface area contributed by atoms with Crippen LogP contribution in [-0.2, 0) is 17.6 Å². The molecule has 162 valence electrons. The lowest BCUT2D eigenvalue weighted by molar-refractivity contribution is 0.0413. The quantitative estimate of drug-likeness (QED) is 0.142. The summed E-state index contributed by atoms with van der Waals surface area (Å²) >= 11 is 1.81. The van der Waals surface area contributed by atoms with Gasteiger partial charge in [0, 0.05) is 43.7 Å². The molecular formula is C21H39IN4OS. The summed E-state index contributed by atoms with van der Waals surface area (Å²) in [6.07, 6.45) is 14.7. The van der Waals surface area contributed by atoms with Crippen LogP contribution in [0.5, 0.6) is 0 Å². The first-order valence-electron chi connectivity index (χ1n) is 10.9. The zero-order chi connectivity index (χ0) is 19.2. The van der Waals surface area contributed by atoms with Crippen LogP contribution < -0.4 is 10.6 Å². The van der Waals surface area contributed by atoms with Crippen molar-refractivity contribution in [2.24, 2.45) is 4.99 Å². The van der Waals surface area contributed by atoms with Gasteiger partial charge in [-0.1, -0.05) is 32.6 Å². The lowest BCUT2D eigenvalue weighted by Crippen LogP contribution is -2.38. The number of nitrogens with one attached hydrogen (secondary N) is 2. The van der Waals surface area contributed by atoms with Gasteiger partial charge in [-0.25, -0.2) is 4.98 Å². The normalized spacial score (nSPS) is 15.7. The Morgan fingerprint density at radius 3 is 2.64 bits per heavy atom. The molecule has 28 heavy (non-hydrogen) atoms. The Morgan fingerprint density at radius 2 is 1.96 bits per heavy atom. The smallest absolute Gasteiger partial charge is 0.191 e. The van der Waals surface area contributed by atoms with Gasteiger partial charge in [-0.3, -0.25) is 4.99 Å². The molecule has 1 aliphatic carbocycles. The van der Waals surface area contributed by atoms with Crippen LogP contribution in [0.2, 0.25) is 0 Å². The molecule has 0 amide bonds. The summed E-state index contributed by atoms with van der Waals surface area (Å²) in [4.78, 5) is 10.5. The van der Waals surface area contributed by atoms with Crippen LogP contribution in [0, 0.1) is 0 Å². The highest BCUT2D eigenvalue weighted by Gasteiger charge is 2.11. The summed E-state index contributed by atoms with van der Waals surface area (Å²) < 4.78 is 6.06. The molecule has 0 bridgehead atoms. The Labute approximate surface area is 192 Å². The third-order valence-electron chi connectivity index (χ3n) is 4.90. The molecule has 1 aromatic rings. The van der Waals surface area contributed by atoms with E-state index in [4.69, 9.17) is 4.74 Å². The highest BCUT2D eigenvalue weighted by atomic mass is 127. The van der Waals surface area contributed by atoms with Crippen molar-refractivity contribution < 1.29 is 4.74 Å².